The first kappa shape index (κ1) is 15.3. The molecule has 1 aromatic heterocycles. The van der Waals surface area contributed by atoms with Crippen LogP contribution in [0.2, 0.25) is 0 Å². The molecule has 2 heterocycles. The van der Waals surface area contributed by atoms with Gasteiger partial charge in [0.05, 0.1) is 17.9 Å². The Kier molecular flexibility index (Phi) is 4.50. The molecule has 1 aliphatic heterocycles. The minimum Gasteiger partial charge on any atom is -0.450 e. The quantitative estimate of drug-likeness (QED) is 0.814. The molecule has 0 unspecified atom stereocenters. The Morgan fingerprint density at radius 1 is 1.14 bits per heavy atom. The highest BCUT2D eigenvalue weighted by Gasteiger charge is 2.28. The molecule has 1 aliphatic rings. The third-order valence-electron chi connectivity index (χ3n) is 3.82. The van der Waals surface area contributed by atoms with Gasteiger partial charge in [0.25, 0.3) is 5.91 Å². The van der Waals surface area contributed by atoms with Crippen molar-refractivity contribution < 1.29 is 14.3 Å². The highest BCUT2D eigenvalue weighted by Crippen LogP contribution is 2.16. The number of ether oxygens (including phenoxy) is 1. The number of piperazine rings is 1. The summed E-state index contributed by atoms with van der Waals surface area (Å²) in [5.74, 6) is -0.0124. The lowest BCUT2D eigenvalue weighted by Gasteiger charge is -2.34. The fraction of sp³-hybridized carbons (Fsp3) is 0.643. The standard InChI is InChI=1S/C14H22N4O3/c1-5-21-14(20)18-8-6-17(7-9-18)13(19)12-10(2)15-16(4)11(12)3/h5-9H2,1-4H3. The number of rotatable bonds is 2. The largest absolute Gasteiger partial charge is 0.450 e. The SMILES string of the molecule is CCOC(=O)N1CCN(C(=O)c2c(C)nn(C)c2C)CC1. The van der Waals surface area contributed by atoms with E-state index in [2.05, 4.69) is 5.10 Å². The number of carbonyl (C=O) groups is 2. The smallest absolute Gasteiger partial charge is 0.409 e. The van der Waals surface area contributed by atoms with E-state index >= 15 is 0 Å². The third-order valence-corrected chi connectivity index (χ3v) is 3.82. The summed E-state index contributed by atoms with van der Waals surface area (Å²) in [5.41, 5.74) is 2.28. The van der Waals surface area contributed by atoms with E-state index in [1.165, 1.54) is 0 Å². The molecule has 0 atom stereocenters. The van der Waals surface area contributed by atoms with Gasteiger partial charge in [-0.3, -0.25) is 9.48 Å². The van der Waals surface area contributed by atoms with Crippen LogP contribution < -0.4 is 0 Å². The molecule has 1 saturated heterocycles. The van der Waals surface area contributed by atoms with Gasteiger partial charge in [0.1, 0.15) is 0 Å². The van der Waals surface area contributed by atoms with E-state index in [1.807, 2.05) is 20.9 Å². The zero-order valence-corrected chi connectivity index (χ0v) is 13.0. The molecule has 1 fully saturated rings. The lowest BCUT2D eigenvalue weighted by Crippen LogP contribution is -2.50. The van der Waals surface area contributed by atoms with Crippen molar-refractivity contribution in [3.05, 3.63) is 17.0 Å². The molecular weight excluding hydrogens is 272 g/mol. The second-order valence-corrected chi connectivity index (χ2v) is 5.15. The summed E-state index contributed by atoms with van der Waals surface area (Å²) in [7, 11) is 1.83. The van der Waals surface area contributed by atoms with Crippen molar-refractivity contribution in [1.29, 1.82) is 0 Å². The maximum atomic E-state index is 12.6. The lowest BCUT2D eigenvalue weighted by atomic mass is 10.1. The van der Waals surface area contributed by atoms with Crippen LogP contribution in [-0.4, -0.2) is 64.4 Å². The molecule has 2 rings (SSSR count). The van der Waals surface area contributed by atoms with Crippen LogP contribution >= 0.6 is 0 Å². The lowest BCUT2D eigenvalue weighted by molar-refractivity contribution is 0.0569. The first-order valence-electron chi connectivity index (χ1n) is 7.16. The van der Waals surface area contributed by atoms with Crippen molar-refractivity contribution in [2.75, 3.05) is 32.8 Å². The zero-order valence-electron chi connectivity index (χ0n) is 13.0. The summed E-state index contributed by atoms with van der Waals surface area (Å²) in [6, 6.07) is 0. The van der Waals surface area contributed by atoms with Crippen molar-refractivity contribution in [1.82, 2.24) is 19.6 Å². The molecule has 7 heteroatoms. The highest BCUT2D eigenvalue weighted by molar-refractivity contribution is 5.96. The Balaban J connectivity index is 2.02. The van der Waals surface area contributed by atoms with Crippen LogP contribution in [0.25, 0.3) is 0 Å². The van der Waals surface area contributed by atoms with Gasteiger partial charge in [0.15, 0.2) is 0 Å². The first-order chi connectivity index (χ1) is 9.95. The number of carbonyl (C=O) groups excluding carboxylic acids is 2. The molecule has 1 aromatic rings. The maximum absolute atomic E-state index is 12.6. The van der Waals surface area contributed by atoms with E-state index in [9.17, 15) is 9.59 Å². The summed E-state index contributed by atoms with van der Waals surface area (Å²) < 4.78 is 6.69. The molecule has 0 saturated carbocycles. The number of aromatic nitrogens is 2. The zero-order chi connectivity index (χ0) is 15.6. The maximum Gasteiger partial charge on any atom is 0.409 e. The predicted molar refractivity (Wildman–Crippen MR) is 77.2 cm³/mol. The Morgan fingerprint density at radius 3 is 2.19 bits per heavy atom. The summed E-state index contributed by atoms with van der Waals surface area (Å²) in [5, 5.41) is 4.28. The second kappa shape index (κ2) is 6.15. The minimum absolute atomic E-state index is 0.0124. The molecule has 21 heavy (non-hydrogen) atoms. The van der Waals surface area contributed by atoms with Gasteiger partial charge in [-0.15, -0.1) is 0 Å². The summed E-state index contributed by atoms with van der Waals surface area (Å²) in [6.45, 7) is 7.93. The number of hydrogen-bond acceptors (Lipinski definition) is 4. The monoisotopic (exact) mass is 294 g/mol. The topological polar surface area (TPSA) is 67.7 Å². The Morgan fingerprint density at radius 2 is 1.71 bits per heavy atom. The molecule has 2 amide bonds. The van der Waals surface area contributed by atoms with Crippen molar-refractivity contribution in [3.63, 3.8) is 0 Å². The number of amides is 2. The summed E-state index contributed by atoms with van der Waals surface area (Å²) >= 11 is 0. The highest BCUT2D eigenvalue weighted by atomic mass is 16.6. The van der Waals surface area contributed by atoms with Gasteiger partial charge in [0, 0.05) is 38.9 Å². The molecule has 0 radical (unpaired) electrons. The fourth-order valence-electron chi connectivity index (χ4n) is 2.55. The second-order valence-electron chi connectivity index (χ2n) is 5.15. The number of aryl methyl sites for hydroxylation is 2. The summed E-state index contributed by atoms with van der Waals surface area (Å²) in [4.78, 5) is 27.6. The molecule has 0 bridgehead atoms. The van der Waals surface area contributed by atoms with Crippen molar-refractivity contribution >= 4 is 12.0 Å². The van der Waals surface area contributed by atoms with Crippen LogP contribution in [0.15, 0.2) is 0 Å². The van der Waals surface area contributed by atoms with Crippen molar-refractivity contribution in [2.24, 2.45) is 7.05 Å². The van der Waals surface area contributed by atoms with Gasteiger partial charge in [-0.1, -0.05) is 0 Å². The van der Waals surface area contributed by atoms with E-state index < -0.39 is 0 Å². The van der Waals surface area contributed by atoms with E-state index in [-0.39, 0.29) is 12.0 Å². The molecular formula is C14H22N4O3. The molecule has 7 nitrogen and oxygen atoms in total. The van der Waals surface area contributed by atoms with Crippen LogP contribution in [0.3, 0.4) is 0 Å². The van der Waals surface area contributed by atoms with Crippen LogP contribution in [0.1, 0.15) is 28.7 Å². The Labute approximate surface area is 124 Å². The van der Waals surface area contributed by atoms with E-state index in [0.717, 1.165) is 11.4 Å². The number of nitrogens with zero attached hydrogens (tertiary/aromatic N) is 4. The summed E-state index contributed by atoms with van der Waals surface area (Å²) in [6.07, 6.45) is -0.307. The minimum atomic E-state index is -0.307. The Hall–Kier alpha value is -2.05. The van der Waals surface area contributed by atoms with E-state index in [4.69, 9.17) is 4.74 Å². The molecule has 0 aromatic carbocycles. The van der Waals surface area contributed by atoms with Gasteiger partial charge >= 0.3 is 6.09 Å². The van der Waals surface area contributed by atoms with Gasteiger partial charge in [-0.05, 0) is 20.8 Å². The van der Waals surface area contributed by atoms with Gasteiger partial charge in [-0.2, -0.15) is 5.10 Å². The normalized spacial score (nSPS) is 15.2. The first-order valence-corrected chi connectivity index (χ1v) is 7.16. The molecule has 0 N–H and O–H groups in total. The molecule has 0 spiro atoms. The van der Waals surface area contributed by atoms with Crippen LogP contribution in [-0.2, 0) is 11.8 Å². The predicted octanol–water partition coefficient (Wildman–Crippen LogP) is 0.951. The average Bonchev–Trinajstić information content (AvgIpc) is 2.72. The number of hydrogen-bond donors (Lipinski definition) is 0. The van der Waals surface area contributed by atoms with E-state index in [0.29, 0.717) is 38.3 Å². The molecule has 0 aliphatic carbocycles. The van der Waals surface area contributed by atoms with Crippen molar-refractivity contribution in [2.45, 2.75) is 20.8 Å². The van der Waals surface area contributed by atoms with Crippen molar-refractivity contribution in [3.8, 4) is 0 Å². The fourth-order valence-corrected chi connectivity index (χ4v) is 2.55. The van der Waals surface area contributed by atoms with Gasteiger partial charge in [-0.25, -0.2) is 4.79 Å². The van der Waals surface area contributed by atoms with Gasteiger partial charge < -0.3 is 14.5 Å². The van der Waals surface area contributed by atoms with E-state index in [1.54, 1.807) is 21.4 Å². The van der Waals surface area contributed by atoms with Crippen LogP contribution in [0, 0.1) is 13.8 Å². The van der Waals surface area contributed by atoms with Crippen LogP contribution in [0.4, 0.5) is 4.79 Å². The average molecular weight is 294 g/mol. The van der Waals surface area contributed by atoms with Gasteiger partial charge in [0.2, 0.25) is 0 Å². The third kappa shape index (κ3) is 3.01. The van der Waals surface area contributed by atoms with Crippen LogP contribution in [0.5, 0.6) is 0 Å². The Bertz CT molecular complexity index is 545. The molecule has 116 valence electrons.